The normalized spacial score (nSPS) is 18.6. The summed E-state index contributed by atoms with van der Waals surface area (Å²) < 4.78 is 6.59. The summed E-state index contributed by atoms with van der Waals surface area (Å²) in [5.41, 5.74) is 0. The van der Waals surface area contributed by atoms with Crippen LogP contribution in [0.4, 0.5) is 0 Å². The van der Waals surface area contributed by atoms with Crippen LogP contribution in [0.1, 0.15) is 19.3 Å². The Balaban J connectivity index is 1.75. The van der Waals surface area contributed by atoms with Crippen LogP contribution < -0.4 is 10.1 Å². The van der Waals surface area contributed by atoms with Crippen LogP contribution in [0.5, 0.6) is 5.75 Å². The number of nitrogens with one attached hydrogen (secondary N) is 1. The SMILES string of the molecule is CNCC1CCCN(C(=O)CCOc2ccccc2Br)C1. The molecular weight excluding hydrogens is 332 g/mol. The van der Waals surface area contributed by atoms with E-state index in [4.69, 9.17) is 4.74 Å². The average molecular weight is 355 g/mol. The summed E-state index contributed by atoms with van der Waals surface area (Å²) in [5, 5.41) is 3.20. The minimum absolute atomic E-state index is 0.197. The number of ether oxygens (including phenoxy) is 1. The van der Waals surface area contributed by atoms with Crippen molar-refractivity contribution in [1.29, 1.82) is 0 Å². The number of carbonyl (C=O) groups is 1. The van der Waals surface area contributed by atoms with Crippen LogP contribution in [-0.2, 0) is 4.79 Å². The lowest BCUT2D eigenvalue weighted by atomic mass is 9.98. The largest absolute Gasteiger partial charge is 0.492 e. The number of amides is 1. The monoisotopic (exact) mass is 354 g/mol. The maximum atomic E-state index is 12.2. The van der Waals surface area contributed by atoms with Gasteiger partial charge in [0, 0.05) is 13.1 Å². The summed E-state index contributed by atoms with van der Waals surface area (Å²) in [6, 6.07) is 7.70. The molecular formula is C16H23BrN2O2. The summed E-state index contributed by atoms with van der Waals surface area (Å²) in [6.07, 6.45) is 2.74. The van der Waals surface area contributed by atoms with Crippen molar-refractivity contribution in [3.63, 3.8) is 0 Å². The number of nitrogens with zero attached hydrogens (tertiary/aromatic N) is 1. The van der Waals surface area contributed by atoms with Crippen molar-refractivity contribution in [2.45, 2.75) is 19.3 Å². The first kappa shape index (κ1) is 16.3. The number of likely N-dealkylation sites (tertiary alicyclic amines) is 1. The lowest BCUT2D eigenvalue weighted by Gasteiger charge is -2.32. The molecule has 0 spiro atoms. The van der Waals surface area contributed by atoms with Crippen LogP contribution in [-0.4, -0.2) is 44.1 Å². The number of rotatable bonds is 6. The summed E-state index contributed by atoms with van der Waals surface area (Å²) in [7, 11) is 1.96. The molecule has 1 unspecified atom stereocenters. The fourth-order valence-electron chi connectivity index (χ4n) is 2.72. The van der Waals surface area contributed by atoms with Gasteiger partial charge >= 0.3 is 0 Å². The van der Waals surface area contributed by atoms with Crippen molar-refractivity contribution in [3.05, 3.63) is 28.7 Å². The van der Waals surface area contributed by atoms with E-state index in [1.807, 2.05) is 36.2 Å². The van der Waals surface area contributed by atoms with Gasteiger partial charge in [0.05, 0.1) is 17.5 Å². The zero-order chi connectivity index (χ0) is 15.1. The number of para-hydroxylation sites is 1. The Morgan fingerprint density at radius 1 is 1.48 bits per heavy atom. The van der Waals surface area contributed by atoms with E-state index in [1.54, 1.807) is 0 Å². The molecule has 1 fully saturated rings. The molecule has 1 aliphatic heterocycles. The predicted molar refractivity (Wildman–Crippen MR) is 87.5 cm³/mol. The highest BCUT2D eigenvalue weighted by atomic mass is 79.9. The highest BCUT2D eigenvalue weighted by Gasteiger charge is 2.22. The van der Waals surface area contributed by atoms with Crippen molar-refractivity contribution >= 4 is 21.8 Å². The summed E-state index contributed by atoms with van der Waals surface area (Å²) in [4.78, 5) is 14.2. The molecule has 0 bridgehead atoms. The molecule has 116 valence electrons. The van der Waals surface area contributed by atoms with Gasteiger partial charge in [-0.15, -0.1) is 0 Å². The minimum Gasteiger partial charge on any atom is -0.492 e. The van der Waals surface area contributed by atoms with Gasteiger partial charge in [0.15, 0.2) is 0 Å². The second-order valence-electron chi connectivity index (χ2n) is 5.43. The molecule has 4 nitrogen and oxygen atoms in total. The first-order chi connectivity index (χ1) is 10.2. The van der Waals surface area contributed by atoms with Gasteiger partial charge in [0.25, 0.3) is 0 Å². The molecule has 1 N–H and O–H groups in total. The van der Waals surface area contributed by atoms with Crippen molar-refractivity contribution in [1.82, 2.24) is 10.2 Å². The van der Waals surface area contributed by atoms with Crippen LogP contribution in [0.2, 0.25) is 0 Å². The van der Waals surface area contributed by atoms with E-state index in [0.29, 0.717) is 18.9 Å². The molecule has 0 aromatic heterocycles. The van der Waals surface area contributed by atoms with Gasteiger partial charge in [-0.1, -0.05) is 12.1 Å². The summed E-state index contributed by atoms with van der Waals surface area (Å²) in [5.74, 6) is 1.57. The third kappa shape index (κ3) is 5.00. The number of benzene rings is 1. The lowest BCUT2D eigenvalue weighted by molar-refractivity contribution is -0.133. The fraction of sp³-hybridized carbons (Fsp3) is 0.562. The van der Waals surface area contributed by atoms with E-state index in [9.17, 15) is 4.79 Å². The van der Waals surface area contributed by atoms with E-state index >= 15 is 0 Å². The third-order valence-corrected chi connectivity index (χ3v) is 4.43. The van der Waals surface area contributed by atoms with Gasteiger partial charge in [-0.25, -0.2) is 0 Å². The number of halogens is 1. The lowest BCUT2D eigenvalue weighted by Crippen LogP contribution is -2.42. The van der Waals surface area contributed by atoms with Gasteiger partial charge in [0.1, 0.15) is 5.75 Å². The molecule has 1 atom stereocenters. The van der Waals surface area contributed by atoms with Gasteiger partial charge in [-0.3, -0.25) is 4.79 Å². The Bertz CT molecular complexity index is 465. The molecule has 0 saturated carbocycles. The Kier molecular flexibility index (Phi) is 6.51. The van der Waals surface area contributed by atoms with E-state index in [-0.39, 0.29) is 5.91 Å². The van der Waals surface area contributed by atoms with E-state index in [0.717, 1.165) is 36.3 Å². The first-order valence-electron chi connectivity index (χ1n) is 7.50. The first-order valence-corrected chi connectivity index (χ1v) is 8.29. The van der Waals surface area contributed by atoms with Crippen LogP contribution in [0.25, 0.3) is 0 Å². The van der Waals surface area contributed by atoms with Crippen molar-refractivity contribution in [2.24, 2.45) is 5.92 Å². The van der Waals surface area contributed by atoms with E-state index in [2.05, 4.69) is 21.2 Å². The number of carbonyl (C=O) groups excluding carboxylic acids is 1. The summed E-state index contributed by atoms with van der Waals surface area (Å²) in [6.45, 7) is 3.16. The van der Waals surface area contributed by atoms with Crippen molar-refractivity contribution in [3.8, 4) is 5.75 Å². The van der Waals surface area contributed by atoms with Crippen LogP contribution in [0.15, 0.2) is 28.7 Å². The average Bonchev–Trinajstić information content (AvgIpc) is 2.50. The molecule has 1 saturated heterocycles. The Morgan fingerprint density at radius 3 is 3.05 bits per heavy atom. The Labute approximate surface area is 135 Å². The van der Waals surface area contributed by atoms with Crippen LogP contribution in [0, 0.1) is 5.92 Å². The standard InChI is InChI=1S/C16H23BrN2O2/c1-18-11-13-5-4-9-19(12-13)16(20)8-10-21-15-7-3-2-6-14(15)17/h2-3,6-7,13,18H,4-5,8-12H2,1H3. The van der Waals surface area contributed by atoms with Crippen molar-refractivity contribution in [2.75, 3.05) is 33.3 Å². The van der Waals surface area contributed by atoms with Crippen LogP contribution >= 0.6 is 15.9 Å². The smallest absolute Gasteiger partial charge is 0.226 e. The molecule has 5 heteroatoms. The second-order valence-corrected chi connectivity index (χ2v) is 6.29. The molecule has 1 heterocycles. The molecule has 0 aliphatic carbocycles. The zero-order valence-corrected chi connectivity index (χ0v) is 14.1. The highest BCUT2D eigenvalue weighted by Crippen LogP contribution is 2.24. The highest BCUT2D eigenvalue weighted by molar-refractivity contribution is 9.10. The second kappa shape index (κ2) is 8.39. The van der Waals surface area contributed by atoms with Gasteiger partial charge in [-0.2, -0.15) is 0 Å². The molecule has 1 aliphatic rings. The quantitative estimate of drug-likeness (QED) is 0.853. The van der Waals surface area contributed by atoms with Crippen molar-refractivity contribution < 1.29 is 9.53 Å². The van der Waals surface area contributed by atoms with E-state index in [1.165, 1.54) is 6.42 Å². The third-order valence-electron chi connectivity index (χ3n) is 3.77. The molecule has 2 rings (SSSR count). The fourth-order valence-corrected chi connectivity index (χ4v) is 3.11. The Morgan fingerprint density at radius 2 is 2.29 bits per heavy atom. The number of hydrogen-bond donors (Lipinski definition) is 1. The molecule has 0 radical (unpaired) electrons. The molecule has 21 heavy (non-hydrogen) atoms. The maximum Gasteiger partial charge on any atom is 0.226 e. The number of piperidine rings is 1. The maximum absolute atomic E-state index is 12.2. The van der Waals surface area contributed by atoms with E-state index < -0.39 is 0 Å². The molecule has 1 amide bonds. The van der Waals surface area contributed by atoms with Gasteiger partial charge in [-0.05, 0) is 60.4 Å². The zero-order valence-electron chi connectivity index (χ0n) is 12.5. The summed E-state index contributed by atoms with van der Waals surface area (Å²) >= 11 is 3.44. The topological polar surface area (TPSA) is 41.6 Å². The minimum atomic E-state index is 0.197. The molecule has 1 aromatic rings. The Hall–Kier alpha value is -1.07. The molecule has 1 aromatic carbocycles. The van der Waals surface area contributed by atoms with Crippen LogP contribution in [0.3, 0.4) is 0 Å². The van der Waals surface area contributed by atoms with Gasteiger partial charge < -0.3 is 15.0 Å². The van der Waals surface area contributed by atoms with Gasteiger partial charge in [0.2, 0.25) is 5.91 Å². The predicted octanol–water partition coefficient (Wildman–Crippen LogP) is 2.68. The number of hydrogen-bond acceptors (Lipinski definition) is 3.